The van der Waals surface area contributed by atoms with Crippen molar-refractivity contribution in [3.63, 3.8) is 0 Å². The van der Waals surface area contributed by atoms with E-state index in [-0.39, 0.29) is 6.61 Å². The van der Waals surface area contributed by atoms with Gasteiger partial charge in [-0.3, -0.25) is 0 Å². The molecule has 0 amide bonds. The smallest absolute Gasteiger partial charge is 0.0945 e. The number of aliphatic hydroxyl groups excluding tert-OH is 1. The summed E-state index contributed by atoms with van der Waals surface area (Å²) in [5.41, 5.74) is 3.05. The molecule has 0 aromatic heterocycles. The van der Waals surface area contributed by atoms with E-state index in [0.29, 0.717) is 18.2 Å². The van der Waals surface area contributed by atoms with Gasteiger partial charge in [0.25, 0.3) is 0 Å². The summed E-state index contributed by atoms with van der Waals surface area (Å²) in [5, 5.41) is 13.7. The van der Waals surface area contributed by atoms with Gasteiger partial charge >= 0.3 is 0 Å². The maximum Gasteiger partial charge on any atom is 0.0945 e. The van der Waals surface area contributed by atoms with Crippen LogP contribution in [0.5, 0.6) is 0 Å². The quantitative estimate of drug-likeness (QED) is 0.820. The van der Waals surface area contributed by atoms with Crippen LogP contribution in [0.4, 0.5) is 5.69 Å². The Morgan fingerprint density at radius 2 is 1.95 bits per heavy atom. The fourth-order valence-electron chi connectivity index (χ4n) is 1.95. The van der Waals surface area contributed by atoms with Gasteiger partial charge in [0.2, 0.25) is 0 Å². The third kappa shape index (κ3) is 5.38. The molecule has 0 bridgehead atoms. The Kier molecular flexibility index (Phi) is 6.05. The van der Waals surface area contributed by atoms with Gasteiger partial charge in [0.05, 0.1) is 30.0 Å². The lowest BCUT2D eigenvalue weighted by Crippen LogP contribution is -2.24. The summed E-state index contributed by atoms with van der Waals surface area (Å²) in [5.74, 6) is 0. The molecule has 0 aliphatic carbocycles. The molecule has 112 valence electrons. The summed E-state index contributed by atoms with van der Waals surface area (Å²) in [6, 6.07) is 15.7. The van der Waals surface area contributed by atoms with Crippen LogP contribution in [0.1, 0.15) is 11.1 Å². The SMILES string of the molecule is Cc1ccc(Cl)c(NCC(O)COCc2ccccc2)c1. The predicted molar refractivity (Wildman–Crippen MR) is 86.8 cm³/mol. The van der Waals surface area contributed by atoms with E-state index >= 15 is 0 Å². The molecule has 1 unspecified atom stereocenters. The Morgan fingerprint density at radius 1 is 1.19 bits per heavy atom. The Labute approximate surface area is 130 Å². The molecule has 2 aromatic rings. The van der Waals surface area contributed by atoms with Crippen LogP contribution in [-0.2, 0) is 11.3 Å². The van der Waals surface area contributed by atoms with Gasteiger partial charge in [-0.2, -0.15) is 0 Å². The summed E-state index contributed by atoms with van der Waals surface area (Å²) in [6.07, 6.45) is -0.578. The van der Waals surface area contributed by atoms with Crippen molar-refractivity contribution < 1.29 is 9.84 Å². The van der Waals surface area contributed by atoms with Gasteiger partial charge in [-0.1, -0.05) is 48.0 Å². The zero-order valence-corrected chi connectivity index (χ0v) is 12.8. The summed E-state index contributed by atoms with van der Waals surface area (Å²) in [7, 11) is 0. The van der Waals surface area contributed by atoms with E-state index in [9.17, 15) is 5.11 Å². The summed E-state index contributed by atoms with van der Waals surface area (Å²) >= 11 is 6.09. The number of anilines is 1. The first-order chi connectivity index (χ1) is 10.1. The van der Waals surface area contributed by atoms with Gasteiger partial charge in [0.1, 0.15) is 0 Å². The second kappa shape index (κ2) is 8.03. The Morgan fingerprint density at radius 3 is 2.71 bits per heavy atom. The van der Waals surface area contributed by atoms with Gasteiger partial charge in [0.15, 0.2) is 0 Å². The minimum atomic E-state index is -0.578. The lowest BCUT2D eigenvalue weighted by Gasteiger charge is -2.14. The number of nitrogens with one attached hydrogen (secondary N) is 1. The number of hydrogen-bond donors (Lipinski definition) is 2. The van der Waals surface area contributed by atoms with Crippen LogP contribution >= 0.6 is 11.6 Å². The maximum absolute atomic E-state index is 9.92. The Bertz CT molecular complexity index is 560. The van der Waals surface area contributed by atoms with Gasteiger partial charge in [-0.15, -0.1) is 0 Å². The minimum absolute atomic E-state index is 0.283. The third-order valence-corrected chi connectivity index (χ3v) is 3.40. The van der Waals surface area contributed by atoms with Crippen LogP contribution in [0.15, 0.2) is 48.5 Å². The molecule has 0 saturated carbocycles. The number of benzene rings is 2. The Hall–Kier alpha value is -1.55. The molecule has 2 N–H and O–H groups in total. The zero-order valence-electron chi connectivity index (χ0n) is 12.1. The highest BCUT2D eigenvalue weighted by molar-refractivity contribution is 6.33. The van der Waals surface area contributed by atoms with Gasteiger partial charge < -0.3 is 15.2 Å². The molecule has 0 aliphatic heterocycles. The van der Waals surface area contributed by atoms with Crippen LogP contribution in [0.2, 0.25) is 5.02 Å². The molecule has 0 heterocycles. The number of ether oxygens (including phenoxy) is 1. The van der Waals surface area contributed by atoms with Crippen LogP contribution in [0, 0.1) is 6.92 Å². The normalized spacial score (nSPS) is 12.1. The molecule has 2 aromatic carbocycles. The highest BCUT2D eigenvalue weighted by Gasteiger charge is 2.06. The van der Waals surface area contributed by atoms with Crippen LogP contribution in [0.25, 0.3) is 0 Å². The fraction of sp³-hybridized carbons (Fsp3) is 0.294. The number of aliphatic hydroxyl groups is 1. The molecule has 21 heavy (non-hydrogen) atoms. The molecule has 0 aliphatic rings. The van der Waals surface area contributed by atoms with Crippen molar-refractivity contribution in [3.8, 4) is 0 Å². The first-order valence-electron chi connectivity index (χ1n) is 6.95. The van der Waals surface area contributed by atoms with Crippen molar-refractivity contribution in [3.05, 3.63) is 64.7 Å². The second-order valence-corrected chi connectivity index (χ2v) is 5.43. The van der Waals surface area contributed by atoms with Crippen LogP contribution in [0.3, 0.4) is 0 Å². The molecule has 0 spiro atoms. The van der Waals surface area contributed by atoms with E-state index in [1.165, 1.54) is 0 Å². The van der Waals surface area contributed by atoms with Crippen LogP contribution < -0.4 is 5.32 Å². The second-order valence-electron chi connectivity index (χ2n) is 5.02. The van der Waals surface area contributed by atoms with E-state index in [1.807, 2.05) is 55.5 Å². The van der Waals surface area contributed by atoms with Gasteiger partial charge in [0, 0.05) is 6.54 Å². The predicted octanol–water partition coefficient (Wildman–Crippen LogP) is 3.64. The summed E-state index contributed by atoms with van der Waals surface area (Å²) in [4.78, 5) is 0. The molecular weight excluding hydrogens is 286 g/mol. The average molecular weight is 306 g/mol. The van der Waals surface area contributed by atoms with E-state index in [1.54, 1.807) is 0 Å². The number of halogens is 1. The standard InChI is InChI=1S/C17H20ClNO2/c1-13-7-8-16(18)17(9-13)19-10-15(20)12-21-11-14-5-3-2-4-6-14/h2-9,15,19-20H,10-12H2,1H3. The average Bonchev–Trinajstić information content (AvgIpc) is 2.49. The zero-order chi connectivity index (χ0) is 15.1. The van der Waals surface area contributed by atoms with Crippen molar-refractivity contribution in [1.29, 1.82) is 0 Å². The van der Waals surface area contributed by atoms with Crippen molar-refractivity contribution in [1.82, 2.24) is 0 Å². The third-order valence-electron chi connectivity index (χ3n) is 3.07. The van der Waals surface area contributed by atoms with Gasteiger partial charge in [-0.25, -0.2) is 0 Å². The monoisotopic (exact) mass is 305 g/mol. The summed E-state index contributed by atoms with van der Waals surface area (Å²) in [6.45, 7) is 3.19. The van der Waals surface area contributed by atoms with E-state index in [2.05, 4.69) is 5.32 Å². The van der Waals surface area contributed by atoms with E-state index < -0.39 is 6.10 Å². The maximum atomic E-state index is 9.92. The lowest BCUT2D eigenvalue weighted by molar-refractivity contribution is 0.0348. The summed E-state index contributed by atoms with van der Waals surface area (Å²) < 4.78 is 5.50. The van der Waals surface area contributed by atoms with Crippen molar-refractivity contribution in [2.45, 2.75) is 19.6 Å². The number of aryl methyl sites for hydroxylation is 1. The minimum Gasteiger partial charge on any atom is -0.389 e. The van der Waals surface area contributed by atoms with Gasteiger partial charge in [-0.05, 0) is 30.2 Å². The molecule has 0 radical (unpaired) electrons. The largest absolute Gasteiger partial charge is 0.389 e. The molecule has 0 saturated heterocycles. The molecule has 0 fully saturated rings. The molecule has 4 heteroatoms. The van der Waals surface area contributed by atoms with Crippen molar-refractivity contribution in [2.75, 3.05) is 18.5 Å². The first kappa shape index (κ1) is 15.8. The molecule has 2 rings (SSSR count). The molecule has 3 nitrogen and oxygen atoms in total. The van der Waals surface area contributed by atoms with E-state index in [4.69, 9.17) is 16.3 Å². The lowest BCUT2D eigenvalue weighted by atomic mass is 10.2. The highest BCUT2D eigenvalue weighted by atomic mass is 35.5. The first-order valence-corrected chi connectivity index (χ1v) is 7.32. The highest BCUT2D eigenvalue weighted by Crippen LogP contribution is 2.22. The number of hydrogen-bond acceptors (Lipinski definition) is 3. The topological polar surface area (TPSA) is 41.5 Å². The van der Waals surface area contributed by atoms with Crippen molar-refractivity contribution >= 4 is 17.3 Å². The van der Waals surface area contributed by atoms with Crippen LogP contribution in [-0.4, -0.2) is 24.4 Å². The fourth-order valence-corrected chi connectivity index (χ4v) is 2.13. The number of rotatable bonds is 7. The Balaban J connectivity index is 1.72. The van der Waals surface area contributed by atoms with E-state index in [0.717, 1.165) is 16.8 Å². The van der Waals surface area contributed by atoms with Crippen molar-refractivity contribution in [2.24, 2.45) is 0 Å². The molecular formula is C17H20ClNO2. The molecule has 1 atom stereocenters.